The molecule has 0 spiro atoms. The Morgan fingerprint density at radius 3 is 2.81 bits per heavy atom. The van der Waals surface area contributed by atoms with E-state index in [4.69, 9.17) is 0 Å². The Morgan fingerprint density at radius 2 is 2.05 bits per heavy atom. The second-order valence-electron chi connectivity index (χ2n) is 4.77. The van der Waals surface area contributed by atoms with E-state index in [0.29, 0.717) is 0 Å². The largest absolute Gasteiger partial charge is 0.310 e. The monoisotopic (exact) mass is 361 g/mol. The second-order valence-corrected chi connectivity index (χ2v) is 6.68. The maximum Gasteiger partial charge on any atom is 0.0568 e. The fourth-order valence-corrected chi connectivity index (χ4v) is 3.54. The lowest BCUT2D eigenvalue weighted by Gasteiger charge is -2.03. The molecule has 1 N–H and O–H groups in total. The van der Waals surface area contributed by atoms with E-state index in [1.807, 2.05) is 29.1 Å². The van der Waals surface area contributed by atoms with Crippen molar-refractivity contribution in [1.29, 1.82) is 0 Å². The van der Waals surface area contributed by atoms with Gasteiger partial charge in [-0.05, 0) is 27.6 Å². The van der Waals surface area contributed by atoms with Crippen LogP contribution in [-0.2, 0) is 13.1 Å². The fraction of sp³-hybridized carbons (Fsp3) is 0.188. The molecule has 0 saturated carbocycles. The summed E-state index contributed by atoms with van der Waals surface area (Å²) in [6.07, 6.45) is 4.02. The average Bonchev–Trinajstić information content (AvgIpc) is 3.14. The van der Waals surface area contributed by atoms with Gasteiger partial charge in [-0.3, -0.25) is 4.68 Å². The van der Waals surface area contributed by atoms with Gasteiger partial charge >= 0.3 is 0 Å². The Labute approximate surface area is 136 Å². The van der Waals surface area contributed by atoms with E-state index in [-0.39, 0.29) is 0 Å². The molecule has 0 radical (unpaired) electrons. The summed E-state index contributed by atoms with van der Waals surface area (Å²) >= 11 is 5.24. The summed E-state index contributed by atoms with van der Waals surface area (Å²) in [4.78, 5) is 1.34. The minimum atomic E-state index is 0.874. The van der Waals surface area contributed by atoms with Crippen molar-refractivity contribution in [3.8, 4) is 11.1 Å². The average molecular weight is 362 g/mol. The van der Waals surface area contributed by atoms with Crippen molar-refractivity contribution < 1.29 is 0 Å². The van der Waals surface area contributed by atoms with Gasteiger partial charge in [0.05, 0.1) is 12.7 Å². The van der Waals surface area contributed by atoms with E-state index in [0.717, 1.165) is 29.7 Å². The van der Waals surface area contributed by atoms with Crippen LogP contribution in [0.15, 0.2) is 58.6 Å². The third-order valence-corrected chi connectivity index (χ3v) is 4.88. The fourth-order valence-electron chi connectivity index (χ4n) is 2.12. The standard InChI is InChI=1S/C16H16BrN3S/c17-15-8-16(21-12-15)10-18-6-7-20-11-14(9-19-20)13-4-2-1-3-5-13/h1-5,8-9,11-12,18H,6-7,10H2. The highest BCUT2D eigenvalue weighted by atomic mass is 79.9. The molecular formula is C16H16BrN3S. The summed E-state index contributed by atoms with van der Waals surface area (Å²) < 4.78 is 3.14. The highest BCUT2D eigenvalue weighted by molar-refractivity contribution is 9.10. The Bertz CT molecular complexity index is 690. The Hall–Kier alpha value is -1.43. The molecule has 21 heavy (non-hydrogen) atoms. The van der Waals surface area contributed by atoms with Crippen molar-refractivity contribution in [2.45, 2.75) is 13.1 Å². The van der Waals surface area contributed by atoms with Crippen molar-refractivity contribution in [3.05, 3.63) is 63.5 Å². The first-order chi connectivity index (χ1) is 10.3. The van der Waals surface area contributed by atoms with E-state index in [2.05, 4.69) is 56.1 Å². The van der Waals surface area contributed by atoms with Crippen molar-refractivity contribution in [2.24, 2.45) is 0 Å². The van der Waals surface area contributed by atoms with Crippen LogP contribution in [0.5, 0.6) is 0 Å². The summed E-state index contributed by atoms with van der Waals surface area (Å²) in [6.45, 7) is 2.69. The molecule has 0 unspecified atom stereocenters. The van der Waals surface area contributed by atoms with Crippen molar-refractivity contribution in [2.75, 3.05) is 6.54 Å². The maximum absolute atomic E-state index is 4.41. The van der Waals surface area contributed by atoms with Crippen molar-refractivity contribution in [3.63, 3.8) is 0 Å². The molecule has 0 saturated heterocycles. The van der Waals surface area contributed by atoms with Gasteiger partial charge < -0.3 is 5.32 Å². The molecule has 3 nitrogen and oxygen atoms in total. The smallest absolute Gasteiger partial charge is 0.0568 e. The van der Waals surface area contributed by atoms with E-state index < -0.39 is 0 Å². The highest BCUT2D eigenvalue weighted by Crippen LogP contribution is 2.19. The lowest BCUT2D eigenvalue weighted by atomic mass is 10.1. The molecule has 5 heteroatoms. The van der Waals surface area contributed by atoms with Crippen LogP contribution in [0.25, 0.3) is 11.1 Å². The van der Waals surface area contributed by atoms with Crippen molar-refractivity contribution >= 4 is 27.3 Å². The molecule has 0 atom stereocenters. The Morgan fingerprint density at radius 1 is 1.19 bits per heavy atom. The zero-order valence-corrected chi connectivity index (χ0v) is 13.9. The van der Waals surface area contributed by atoms with Gasteiger partial charge in [0.15, 0.2) is 0 Å². The summed E-state index contributed by atoms with van der Waals surface area (Å²) in [6, 6.07) is 12.5. The molecule has 0 aliphatic rings. The van der Waals surface area contributed by atoms with Crippen LogP contribution in [0.3, 0.4) is 0 Å². The van der Waals surface area contributed by atoms with Gasteiger partial charge in [-0.15, -0.1) is 11.3 Å². The molecule has 0 aliphatic heterocycles. The topological polar surface area (TPSA) is 29.9 Å². The Kier molecular flexibility index (Phi) is 4.85. The first-order valence-corrected chi connectivity index (χ1v) is 8.50. The Balaban J connectivity index is 1.49. The van der Waals surface area contributed by atoms with Crippen LogP contribution in [0.4, 0.5) is 0 Å². The highest BCUT2D eigenvalue weighted by Gasteiger charge is 2.01. The number of aromatic nitrogens is 2. The number of thiophene rings is 1. The number of hydrogen-bond donors (Lipinski definition) is 1. The predicted octanol–water partition coefficient (Wildman–Crippen LogP) is 4.16. The quantitative estimate of drug-likeness (QED) is 0.668. The SMILES string of the molecule is Brc1csc(CNCCn2cc(-c3ccccc3)cn2)c1. The van der Waals surface area contributed by atoms with Gasteiger partial charge in [0, 0.05) is 39.6 Å². The van der Waals surface area contributed by atoms with Gasteiger partial charge in [0.2, 0.25) is 0 Å². The molecule has 108 valence electrons. The minimum Gasteiger partial charge on any atom is -0.310 e. The third-order valence-electron chi connectivity index (χ3n) is 3.18. The molecule has 2 aromatic heterocycles. The number of nitrogens with one attached hydrogen (secondary N) is 1. The minimum absolute atomic E-state index is 0.874. The lowest BCUT2D eigenvalue weighted by molar-refractivity contribution is 0.557. The molecule has 1 aromatic carbocycles. The van der Waals surface area contributed by atoms with E-state index >= 15 is 0 Å². The number of halogens is 1. The first-order valence-electron chi connectivity index (χ1n) is 6.83. The van der Waals surface area contributed by atoms with Crippen LogP contribution in [0, 0.1) is 0 Å². The van der Waals surface area contributed by atoms with E-state index in [1.54, 1.807) is 11.3 Å². The van der Waals surface area contributed by atoms with Gasteiger partial charge in [0.1, 0.15) is 0 Å². The molecular weight excluding hydrogens is 346 g/mol. The molecule has 0 aliphatic carbocycles. The normalized spacial score (nSPS) is 10.9. The predicted molar refractivity (Wildman–Crippen MR) is 91.4 cm³/mol. The van der Waals surface area contributed by atoms with E-state index in [9.17, 15) is 0 Å². The molecule has 0 fully saturated rings. The maximum atomic E-state index is 4.41. The van der Waals surface area contributed by atoms with Crippen LogP contribution >= 0.6 is 27.3 Å². The van der Waals surface area contributed by atoms with Gasteiger partial charge in [-0.2, -0.15) is 5.10 Å². The number of benzene rings is 1. The van der Waals surface area contributed by atoms with Crippen LogP contribution in [0.2, 0.25) is 0 Å². The number of nitrogens with zero attached hydrogens (tertiary/aromatic N) is 2. The molecule has 0 amide bonds. The first kappa shape index (κ1) is 14.5. The van der Waals surface area contributed by atoms with Gasteiger partial charge in [-0.1, -0.05) is 30.3 Å². The van der Waals surface area contributed by atoms with Crippen LogP contribution in [-0.4, -0.2) is 16.3 Å². The van der Waals surface area contributed by atoms with E-state index in [1.165, 1.54) is 10.4 Å². The third kappa shape index (κ3) is 4.03. The van der Waals surface area contributed by atoms with Gasteiger partial charge in [0.25, 0.3) is 0 Å². The zero-order chi connectivity index (χ0) is 14.5. The van der Waals surface area contributed by atoms with Crippen molar-refractivity contribution in [1.82, 2.24) is 15.1 Å². The second kappa shape index (κ2) is 7.02. The molecule has 2 heterocycles. The summed E-state index contributed by atoms with van der Waals surface area (Å²) in [7, 11) is 0. The number of rotatable bonds is 6. The lowest BCUT2D eigenvalue weighted by Crippen LogP contribution is -2.19. The van der Waals surface area contributed by atoms with Gasteiger partial charge in [-0.25, -0.2) is 0 Å². The zero-order valence-electron chi connectivity index (χ0n) is 11.5. The summed E-state index contributed by atoms with van der Waals surface area (Å²) in [5.41, 5.74) is 2.37. The van der Waals surface area contributed by atoms with Crippen LogP contribution < -0.4 is 5.32 Å². The van der Waals surface area contributed by atoms with Crippen LogP contribution in [0.1, 0.15) is 4.88 Å². The molecule has 3 rings (SSSR count). The molecule has 0 bridgehead atoms. The summed E-state index contributed by atoms with van der Waals surface area (Å²) in [5, 5.41) is 9.96. The molecule has 3 aromatic rings. The number of hydrogen-bond acceptors (Lipinski definition) is 3. The summed E-state index contributed by atoms with van der Waals surface area (Å²) in [5.74, 6) is 0.